The van der Waals surface area contributed by atoms with E-state index in [0.717, 1.165) is 24.0 Å². The highest BCUT2D eigenvalue weighted by molar-refractivity contribution is 5.96. The summed E-state index contributed by atoms with van der Waals surface area (Å²) in [5.74, 6) is -1.36. The van der Waals surface area contributed by atoms with Gasteiger partial charge < -0.3 is 11.5 Å². The van der Waals surface area contributed by atoms with Crippen molar-refractivity contribution < 1.29 is 9.59 Å². The third kappa shape index (κ3) is 3.13. The van der Waals surface area contributed by atoms with E-state index in [2.05, 4.69) is 22.1 Å². The van der Waals surface area contributed by atoms with Gasteiger partial charge in [-0.15, -0.1) is 0 Å². The van der Waals surface area contributed by atoms with Gasteiger partial charge in [-0.25, -0.2) is 4.98 Å². The minimum absolute atomic E-state index is 0.0120. The summed E-state index contributed by atoms with van der Waals surface area (Å²) >= 11 is 0. The van der Waals surface area contributed by atoms with E-state index in [1.54, 1.807) is 18.3 Å². The number of primary amides is 2. The zero-order chi connectivity index (χ0) is 19.7. The minimum atomic E-state index is -0.688. The quantitative estimate of drug-likeness (QED) is 0.733. The molecular weight excluding hydrogens is 352 g/mol. The van der Waals surface area contributed by atoms with Crippen molar-refractivity contribution in [2.24, 2.45) is 11.5 Å². The van der Waals surface area contributed by atoms with Crippen molar-refractivity contribution in [1.82, 2.24) is 9.97 Å². The van der Waals surface area contributed by atoms with Gasteiger partial charge in [-0.2, -0.15) is 0 Å². The van der Waals surface area contributed by atoms with Crippen molar-refractivity contribution in [2.45, 2.75) is 24.7 Å². The number of pyridine rings is 2. The average molecular weight is 372 g/mol. The molecule has 1 aliphatic rings. The second-order valence-corrected chi connectivity index (χ2v) is 6.97. The summed E-state index contributed by atoms with van der Waals surface area (Å²) in [6, 6.07) is 15.6. The Morgan fingerprint density at radius 3 is 2.46 bits per heavy atom. The van der Waals surface area contributed by atoms with Crippen LogP contribution in [0.5, 0.6) is 0 Å². The Kier molecular flexibility index (Phi) is 4.61. The number of rotatable bonds is 4. The Labute approximate surface area is 162 Å². The third-order valence-electron chi connectivity index (χ3n) is 5.37. The van der Waals surface area contributed by atoms with Crippen LogP contribution in [0.3, 0.4) is 0 Å². The Balaban J connectivity index is 1.89. The van der Waals surface area contributed by atoms with Gasteiger partial charge in [-0.3, -0.25) is 14.6 Å². The fourth-order valence-corrected chi connectivity index (χ4v) is 4.17. The van der Waals surface area contributed by atoms with Crippen LogP contribution in [0.2, 0.25) is 0 Å². The summed E-state index contributed by atoms with van der Waals surface area (Å²) in [5.41, 5.74) is 15.4. The molecule has 6 nitrogen and oxygen atoms in total. The highest BCUT2D eigenvalue weighted by Crippen LogP contribution is 2.46. The summed E-state index contributed by atoms with van der Waals surface area (Å²) in [7, 11) is 0. The second-order valence-electron chi connectivity index (χ2n) is 6.97. The van der Waals surface area contributed by atoms with Crippen molar-refractivity contribution in [3.8, 4) is 0 Å². The van der Waals surface area contributed by atoms with Gasteiger partial charge in [0.25, 0.3) is 11.8 Å². The van der Waals surface area contributed by atoms with Gasteiger partial charge in [0.1, 0.15) is 11.4 Å². The Bertz CT molecular complexity index is 1050. The summed E-state index contributed by atoms with van der Waals surface area (Å²) in [5, 5.41) is 0. The number of nitrogens with two attached hydrogens (primary N) is 2. The molecule has 2 unspecified atom stereocenters. The molecule has 28 heavy (non-hydrogen) atoms. The number of nitrogens with zero attached hydrogens (tertiary/aromatic N) is 2. The molecule has 2 atom stereocenters. The molecule has 0 saturated heterocycles. The molecule has 0 saturated carbocycles. The molecule has 2 aromatic heterocycles. The number of hydrogen-bond donors (Lipinski definition) is 2. The molecule has 140 valence electrons. The smallest absolute Gasteiger partial charge is 0.267 e. The third-order valence-corrected chi connectivity index (χ3v) is 5.37. The molecule has 3 aromatic rings. The van der Waals surface area contributed by atoms with Crippen molar-refractivity contribution in [1.29, 1.82) is 0 Å². The van der Waals surface area contributed by atoms with E-state index >= 15 is 0 Å². The largest absolute Gasteiger partial charge is 0.364 e. The number of amides is 2. The van der Waals surface area contributed by atoms with Crippen LogP contribution in [0.25, 0.3) is 0 Å². The molecule has 2 heterocycles. The first-order valence-electron chi connectivity index (χ1n) is 9.14. The van der Waals surface area contributed by atoms with Crippen molar-refractivity contribution >= 4 is 11.8 Å². The topological polar surface area (TPSA) is 112 Å². The van der Waals surface area contributed by atoms with E-state index in [0.29, 0.717) is 0 Å². The van der Waals surface area contributed by atoms with E-state index in [-0.39, 0.29) is 23.2 Å². The zero-order valence-corrected chi connectivity index (χ0v) is 15.2. The van der Waals surface area contributed by atoms with Crippen LogP contribution in [0.15, 0.2) is 60.9 Å². The highest BCUT2D eigenvalue weighted by atomic mass is 16.1. The number of carbonyl (C=O) groups is 2. The molecule has 4 N–H and O–H groups in total. The molecule has 2 amide bonds. The lowest BCUT2D eigenvalue weighted by molar-refractivity contribution is 0.0991. The van der Waals surface area contributed by atoms with Gasteiger partial charge in [0.05, 0.1) is 0 Å². The van der Waals surface area contributed by atoms with Crippen LogP contribution < -0.4 is 11.5 Å². The molecule has 0 aliphatic heterocycles. The summed E-state index contributed by atoms with van der Waals surface area (Å²) in [6.07, 6.45) is 5.31. The van der Waals surface area contributed by atoms with E-state index in [1.165, 1.54) is 11.1 Å². The second kappa shape index (κ2) is 7.23. The number of carbonyl (C=O) groups excluding carboxylic acids is 2. The van der Waals surface area contributed by atoms with Gasteiger partial charge in [-0.1, -0.05) is 36.4 Å². The first-order valence-corrected chi connectivity index (χ1v) is 9.14. The van der Waals surface area contributed by atoms with E-state index in [9.17, 15) is 9.59 Å². The average Bonchev–Trinajstić information content (AvgIpc) is 2.73. The molecule has 0 spiro atoms. The van der Waals surface area contributed by atoms with Crippen LogP contribution >= 0.6 is 0 Å². The summed E-state index contributed by atoms with van der Waals surface area (Å²) < 4.78 is 0. The monoisotopic (exact) mass is 372 g/mol. The maximum atomic E-state index is 12.1. The van der Waals surface area contributed by atoms with Gasteiger partial charge in [0, 0.05) is 18.3 Å². The maximum Gasteiger partial charge on any atom is 0.267 e. The molecule has 0 fully saturated rings. The predicted octanol–water partition coefficient (Wildman–Crippen LogP) is 2.54. The van der Waals surface area contributed by atoms with Gasteiger partial charge >= 0.3 is 0 Å². The first-order chi connectivity index (χ1) is 13.6. The van der Waals surface area contributed by atoms with Gasteiger partial charge in [0.15, 0.2) is 0 Å². The van der Waals surface area contributed by atoms with Gasteiger partial charge in [-0.05, 0) is 53.1 Å². The number of benzene rings is 1. The lowest BCUT2D eigenvalue weighted by Crippen LogP contribution is -2.26. The molecule has 0 radical (unpaired) electrons. The van der Waals surface area contributed by atoms with E-state index < -0.39 is 11.8 Å². The fraction of sp³-hybridized carbons (Fsp3) is 0.182. The van der Waals surface area contributed by atoms with Crippen molar-refractivity contribution in [3.63, 3.8) is 0 Å². The summed E-state index contributed by atoms with van der Waals surface area (Å²) in [6.45, 7) is 0. The van der Waals surface area contributed by atoms with Crippen LogP contribution in [-0.2, 0) is 6.42 Å². The standard InChI is InChI=1S/C22H20N4O2/c23-21(27)18-10-9-17(20(26-18)22(24)28)16-8-7-13-4-1-2-6-15(13)19(16)14-5-3-11-25-12-14/h1-6,9-12,16,19H,7-8H2,(H2,23,27)(H2,24,28). The maximum absolute atomic E-state index is 12.1. The van der Waals surface area contributed by atoms with Crippen molar-refractivity contribution in [3.05, 3.63) is 94.6 Å². The van der Waals surface area contributed by atoms with E-state index in [4.69, 9.17) is 11.5 Å². The molecule has 1 aliphatic carbocycles. The van der Waals surface area contributed by atoms with Crippen LogP contribution in [-0.4, -0.2) is 21.8 Å². The Hall–Kier alpha value is -3.54. The molecular formula is C22H20N4O2. The van der Waals surface area contributed by atoms with Crippen LogP contribution in [0.4, 0.5) is 0 Å². The molecule has 6 heteroatoms. The highest BCUT2D eigenvalue weighted by Gasteiger charge is 2.34. The first kappa shape index (κ1) is 17.9. The number of fused-ring (bicyclic) bond motifs is 1. The SMILES string of the molecule is NC(=O)c1ccc(C2CCc3ccccc3C2c2cccnc2)c(C(N)=O)n1. The molecule has 0 bridgehead atoms. The zero-order valence-electron chi connectivity index (χ0n) is 15.2. The number of hydrogen-bond acceptors (Lipinski definition) is 4. The normalized spacial score (nSPS) is 18.3. The minimum Gasteiger partial charge on any atom is -0.364 e. The summed E-state index contributed by atoms with van der Waals surface area (Å²) in [4.78, 5) is 32.1. The Morgan fingerprint density at radius 2 is 1.75 bits per heavy atom. The van der Waals surface area contributed by atoms with Crippen LogP contribution in [0.1, 0.15) is 61.5 Å². The van der Waals surface area contributed by atoms with Crippen LogP contribution in [0, 0.1) is 0 Å². The number of aryl methyl sites for hydroxylation is 1. The van der Waals surface area contributed by atoms with Crippen molar-refractivity contribution in [2.75, 3.05) is 0 Å². The van der Waals surface area contributed by atoms with E-state index in [1.807, 2.05) is 30.5 Å². The molecule has 1 aromatic carbocycles. The fourth-order valence-electron chi connectivity index (χ4n) is 4.17. The number of aromatic nitrogens is 2. The Morgan fingerprint density at radius 1 is 0.929 bits per heavy atom. The lowest BCUT2D eigenvalue weighted by atomic mass is 9.69. The molecule has 4 rings (SSSR count). The lowest BCUT2D eigenvalue weighted by Gasteiger charge is -2.35. The predicted molar refractivity (Wildman–Crippen MR) is 105 cm³/mol. The van der Waals surface area contributed by atoms with Gasteiger partial charge in [0.2, 0.25) is 0 Å².